The number of allylic oxidation sites excluding steroid dienone is 1. The van der Waals surface area contributed by atoms with E-state index in [4.69, 9.17) is 0 Å². The average Bonchev–Trinajstić information content (AvgIpc) is 2.36. The van der Waals surface area contributed by atoms with Crippen molar-refractivity contribution in [1.29, 1.82) is 0 Å². The molecule has 0 unspecified atom stereocenters. The second-order valence-corrected chi connectivity index (χ2v) is 4.59. The lowest BCUT2D eigenvalue weighted by Gasteiger charge is -2.06. The molecule has 0 N–H and O–H groups in total. The first kappa shape index (κ1) is 15.2. The van der Waals surface area contributed by atoms with Crippen LogP contribution in [0.3, 0.4) is 0 Å². The van der Waals surface area contributed by atoms with Crippen LogP contribution in [0.1, 0.15) is 11.1 Å². The summed E-state index contributed by atoms with van der Waals surface area (Å²) in [6.07, 6.45) is -3.91. The minimum absolute atomic E-state index is 0.0441. The number of hydrogen-bond acceptors (Lipinski definition) is 0. The van der Waals surface area contributed by atoms with Crippen molar-refractivity contribution in [1.82, 2.24) is 0 Å². The third kappa shape index (κ3) is 3.90. The summed E-state index contributed by atoms with van der Waals surface area (Å²) in [5.74, 6) is -1.35. The molecule has 0 radical (unpaired) electrons. The molecule has 0 aromatic heterocycles. The van der Waals surface area contributed by atoms with E-state index in [9.17, 15) is 22.0 Å². The van der Waals surface area contributed by atoms with Gasteiger partial charge in [-0.15, -0.1) is 0 Å². The number of aryl methyl sites for hydroxylation is 1. The highest BCUT2D eigenvalue weighted by molar-refractivity contribution is 5.67. The van der Waals surface area contributed by atoms with Gasteiger partial charge >= 0.3 is 6.18 Å². The second kappa shape index (κ2) is 5.68. The van der Waals surface area contributed by atoms with Crippen LogP contribution >= 0.6 is 0 Å². The molecule has 0 saturated carbocycles. The van der Waals surface area contributed by atoms with Crippen LogP contribution in [-0.4, -0.2) is 6.18 Å². The molecule has 0 spiro atoms. The number of halogens is 5. The molecular weight excluding hydrogens is 287 g/mol. The van der Waals surface area contributed by atoms with E-state index in [1.54, 1.807) is 13.0 Å². The number of alkyl halides is 3. The molecule has 2 rings (SSSR count). The Labute approximate surface area is 118 Å². The van der Waals surface area contributed by atoms with Gasteiger partial charge in [-0.2, -0.15) is 13.2 Å². The smallest absolute Gasteiger partial charge is 0.206 e. The highest BCUT2D eigenvalue weighted by Gasteiger charge is 2.22. The first-order chi connectivity index (χ1) is 9.76. The van der Waals surface area contributed by atoms with Gasteiger partial charge in [-0.25, -0.2) is 8.78 Å². The molecule has 0 aliphatic heterocycles. The maximum absolute atomic E-state index is 13.8. The molecule has 0 aliphatic carbocycles. The molecular formula is C16H11F5. The van der Waals surface area contributed by atoms with Crippen LogP contribution in [0.15, 0.2) is 42.5 Å². The highest BCUT2D eigenvalue weighted by Crippen LogP contribution is 2.26. The largest absolute Gasteiger partial charge is 0.409 e. The SMILES string of the molecule is Cc1ccc(-c2ccc(/C=C/C(F)(F)F)c(F)c2)c(F)c1. The topological polar surface area (TPSA) is 0 Å². The molecule has 0 amide bonds. The molecule has 0 aliphatic rings. The molecule has 0 bridgehead atoms. The third-order valence-corrected chi connectivity index (χ3v) is 2.89. The van der Waals surface area contributed by atoms with Gasteiger partial charge in [0.05, 0.1) is 0 Å². The van der Waals surface area contributed by atoms with Gasteiger partial charge in [0.15, 0.2) is 0 Å². The third-order valence-electron chi connectivity index (χ3n) is 2.89. The molecule has 0 nitrogen and oxygen atoms in total. The van der Waals surface area contributed by atoms with E-state index in [1.165, 1.54) is 24.3 Å². The van der Waals surface area contributed by atoms with E-state index in [0.717, 1.165) is 11.6 Å². The number of hydrogen-bond donors (Lipinski definition) is 0. The summed E-state index contributed by atoms with van der Waals surface area (Å²) in [5, 5.41) is 0. The molecule has 0 fully saturated rings. The van der Waals surface area contributed by atoms with Gasteiger partial charge in [0.1, 0.15) is 11.6 Å². The van der Waals surface area contributed by atoms with Gasteiger partial charge in [0.25, 0.3) is 0 Å². The number of rotatable bonds is 2. The fraction of sp³-hybridized carbons (Fsp3) is 0.125. The summed E-state index contributed by atoms with van der Waals surface area (Å²) in [7, 11) is 0. The van der Waals surface area contributed by atoms with E-state index in [2.05, 4.69) is 0 Å². The summed E-state index contributed by atoms with van der Waals surface area (Å²) in [5.41, 5.74) is 0.991. The van der Waals surface area contributed by atoms with E-state index in [0.29, 0.717) is 6.08 Å². The predicted molar refractivity (Wildman–Crippen MR) is 71.6 cm³/mol. The van der Waals surface area contributed by atoms with Gasteiger partial charge in [-0.3, -0.25) is 0 Å². The van der Waals surface area contributed by atoms with Crippen LogP contribution in [0, 0.1) is 18.6 Å². The maximum atomic E-state index is 13.8. The fourth-order valence-electron chi connectivity index (χ4n) is 1.87. The van der Waals surface area contributed by atoms with E-state index >= 15 is 0 Å². The Morgan fingerprint density at radius 3 is 2.19 bits per heavy atom. The first-order valence-corrected chi connectivity index (χ1v) is 6.08. The Morgan fingerprint density at radius 1 is 0.905 bits per heavy atom. The monoisotopic (exact) mass is 298 g/mol. The zero-order chi connectivity index (χ0) is 15.6. The highest BCUT2D eigenvalue weighted by atomic mass is 19.4. The van der Waals surface area contributed by atoms with Crippen LogP contribution in [0.5, 0.6) is 0 Å². The Hall–Kier alpha value is -2.17. The van der Waals surface area contributed by atoms with Crippen molar-refractivity contribution in [2.75, 3.05) is 0 Å². The molecule has 0 atom stereocenters. The molecule has 0 heterocycles. The Balaban J connectivity index is 2.37. The van der Waals surface area contributed by atoms with Crippen molar-refractivity contribution in [2.24, 2.45) is 0 Å². The van der Waals surface area contributed by atoms with Crippen molar-refractivity contribution < 1.29 is 22.0 Å². The molecule has 110 valence electrons. The van der Waals surface area contributed by atoms with Crippen molar-refractivity contribution in [3.63, 3.8) is 0 Å². The fourth-order valence-corrected chi connectivity index (χ4v) is 1.87. The Kier molecular flexibility index (Phi) is 4.11. The minimum atomic E-state index is -4.51. The van der Waals surface area contributed by atoms with Crippen molar-refractivity contribution in [2.45, 2.75) is 13.1 Å². The Bertz CT molecular complexity index is 684. The summed E-state index contributed by atoms with van der Waals surface area (Å²) in [4.78, 5) is 0. The van der Waals surface area contributed by atoms with Gasteiger partial charge < -0.3 is 0 Å². The molecule has 21 heavy (non-hydrogen) atoms. The average molecular weight is 298 g/mol. The van der Waals surface area contributed by atoms with Gasteiger partial charge in [-0.1, -0.05) is 24.3 Å². The number of benzene rings is 2. The molecule has 0 saturated heterocycles. The summed E-state index contributed by atoms with van der Waals surface area (Å²) in [6, 6.07) is 8.08. The van der Waals surface area contributed by atoms with Crippen LogP contribution in [0.4, 0.5) is 22.0 Å². The molecule has 2 aromatic carbocycles. The van der Waals surface area contributed by atoms with Crippen LogP contribution in [0.2, 0.25) is 0 Å². The zero-order valence-corrected chi connectivity index (χ0v) is 11.0. The minimum Gasteiger partial charge on any atom is -0.206 e. The van der Waals surface area contributed by atoms with Gasteiger partial charge in [0, 0.05) is 17.2 Å². The molecule has 2 aromatic rings. The summed E-state index contributed by atoms with van der Waals surface area (Å²) >= 11 is 0. The van der Waals surface area contributed by atoms with E-state index in [1.807, 2.05) is 0 Å². The second-order valence-electron chi connectivity index (χ2n) is 4.59. The lowest BCUT2D eigenvalue weighted by Crippen LogP contribution is -2.00. The van der Waals surface area contributed by atoms with Crippen molar-refractivity contribution in [3.05, 3.63) is 65.2 Å². The van der Waals surface area contributed by atoms with Crippen LogP contribution < -0.4 is 0 Å². The summed E-state index contributed by atoms with van der Waals surface area (Å²) in [6.45, 7) is 1.72. The molecule has 5 heteroatoms. The maximum Gasteiger partial charge on any atom is 0.409 e. The standard InChI is InChI=1S/C16H11F5/c1-10-2-5-13(15(18)8-10)12-4-3-11(14(17)9-12)6-7-16(19,20)21/h2-9H,1H3/b7-6+. The van der Waals surface area contributed by atoms with Crippen molar-refractivity contribution >= 4 is 6.08 Å². The first-order valence-electron chi connectivity index (χ1n) is 6.08. The van der Waals surface area contributed by atoms with Crippen LogP contribution in [0.25, 0.3) is 17.2 Å². The van der Waals surface area contributed by atoms with E-state index in [-0.39, 0.29) is 22.8 Å². The lowest BCUT2D eigenvalue weighted by atomic mass is 10.0. The van der Waals surface area contributed by atoms with Crippen molar-refractivity contribution in [3.8, 4) is 11.1 Å². The lowest BCUT2D eigenvalue weighted by molar-refractivity contribution is -0.0790. The van der Waals surface area contributed by atoms with E-state index < -0.39 is 17.8 Å². The Morgan fingerprint density at radius 2 is 1.62 bits per heavy atom. The quantitative estimate of drug-likeness (QED) is 0.641. The predicted octanol–water partition coefficient (Wildman–Crippen LogP) is 5.52. The zero-order valence-electron chi connectivity index (χ0n) is 11.0. The van der Waals surface area contributed by atoms with Gasteiger partial charge in [-0.05, 0) is 36.3 Å². The van der Waals surface area contributed by atoms with Gasteiger partial charge in [0.2, 0.25) is 0 Å². The normalized spacial score (nSPS) is 12.1. The van der Waals surface area contributed by atoms with Crippen LogP contribution in [-0.2, 0) is 0 Å². The summed E-state index contributed by atoms with van der Waals surface area (Å²) < 4.78 is 63.7.